The summed E-state index contributed by atoms with van der Waals surface area (Å²) in [7, 11) is 0. The van der Waals surface area contributed by atoms with E-state index in [9.17, 15) is 18.0 Å². The zero-order valence-corrected chi connectivity index (χ0v) is 10.5. The van der Waals surface area contributed by atoms with E-state index in [-0.39, 0.29) is 12.3 Å². The van der Waals surface area contributed by atoms with Crippen LogP contribution in [0.5, 0.6) is 0 Å². The fourth-order valence-corrected chi connectivity index (χ4v) is 3.95. The molecule has 0 aromatic rings. The number of hydrogen-bond acceptors (Lipinski definition) is 1. The Bertz CT molecular complexity index is 411. The first-order chi connectivity index (χ1) is 8.29. The van der Waals surface area contributed by atoms with Crippen molar-refractivity contribution in [2.45, 2.75) is 45.7 Å². The molecule has 0 spiro atoms. The number of rotatable bonds is 3. The molecule has 1 saturated carbocycles. The van der Waals surface area contributed by atoms with Crippen molar-refractivity contribution in [3.8, 4) is 0 Å². The van der Waals surface area contributed by atoms with Gasteiger partial charge in [-0.2, -0.15) is 13.2 Å². The van der Waals surface area contributed by atoms with Crippen LogP contribution < -0.4 is 0 Å². The van der Waals surface area contributed by atoms with E-state index >= 15 is 0 Å². The smallest absolute Gasteiger partial charge is 0.405 e. The molecule has 1 N–H and O–H groups in total. The van der Waals surface area contributed by atoms with E-state index in [2.05, 4.69) is 0 Å². The summed E-state index contributed by atoms with van der Waals surface area (Å²) >= 11 is 0. The summed E-state index contributed by atoms with van der Waals surface area (Å²) in [6, 6.07) is 0. The van der Waals surface area contributed by atoms with Crippen molar-refractivity contribution in [3.05, 3.63) is 11.1 Å². The van der Waals surface area contributed by atoms with Crippen LogP contribution in [0.25, 0.3) is 0 Å². The minimum atomic E-state index is -4.67. The van der Waals surface area contributed by atoms with Crippen LogP contribution in [0, 0.1) is 17.3 Å². The molecule has 18 heavy (non-hydrogen) atoms. The maximum Gasteiger partial charge on any atom is 0.405 e. The highest BCUT2D eigenvalue weighted by molar-refractivity contribution is 5.78. The minimum absolute atomic E-state index is 0.187. The lowest BCUT2D eigenvalue weighted by Crippen LogP contribution is -2.49. The van der Waals surface area contributed by atoms with Crippen molar-refractivity contribution in [1.29, 1.82) is 0 Å². The third-order valence-corrected chi connectivity index (χ3v) is 4.66. The standard InChI is InChI=1S/C13H17F3O2/c1-3-8-7-5-10(9(8)4-2)12(6-7,11(17)18)13(14,15)16/h7,10H,3-6H2,1-2H3,(H,17,18). The van der Waals surface area contributed by atoms with Crippen LogP contribution in [-0.2, 0) is 4.79 Å². The van der Waals surface area contributed by atoms with Gasteiger partial charge in [-0.1, -0.05) is 25.0 Å². The first-order valence-corrected chi connectivity index (χ1v) is 6.31. The molecular weight excluding hydrogens is 245 g/mol. The Balaban J connectivity index is 2.52. The Kier molecular flexibility index (Phi) is 2.98. The van der Waals surface area contributed by atoms with Crippen molar-refractivity contribution >= 4 is 5.97 Å². The fraction of sp³-hybridized carbons (Fsp3) is 0.769. The van der Waals surface area contributed by atoms with E-state index in [1.54, 1.807) is 0 Å². The normalized spacial score (nSPS) is 35.4. The molecule has 2 aliphatic carbocycles. The minimum Gasteiger partial charge on any atom is -0.481 e. The average molecular weight is 262 g/mol. The van der Waals surface area contributed by atoms with Gasteiger partial charge >= 0.3 is 12.1 Å². The van der Waals surface area contributed by atoms with Gasteiger partial charge < -0.3 is 5.11 Å². The van der Waals surface area contributed by atoms with Gasteiger partial charge in [0.2, 0.25) is 0 Å². The van der Waals surface area contributed by atoms with Crippen LogP contribution in [0.2, 0.25) is 0 Å². The van der Waals surface area contributed by atoms with Crippen LogP contribution in [-0.4, -0.2) is 17.3 Å². The van der Waals surface area contributed by atoms with Crippen LogP contribution in [0.3, 0.4) is 0 Å². The van der Waals surface area contributed by atoms with Gasteiger partial charge in [0.25, 0.3) is 0 Å². The largest absolute Gasteiger partial charge is 0.481 e. The SMILES string of the molecule is CCC1=C(CC)C2CC1CC2(C(=O)O)C(F)(F)F. The van der Waals surface area contributed by atoms with E-state index in [1.165, 1.54) is 0 Å². The van der Waals surface area contributed by atoms with E-state index in [0.717, 1.165) is 17.6 Å². The molecule has 102 valence electrons. The van der Waals surface area contributed by atoms with Crippen LogP contribution in [0.1, 0.15) is 39.5 Å². The Labute approximate surface area is 104 Å². The molecule has 2 aliphatic rings. The molecule has 0 heterocycles. The second kappa shape index (κ2) is 4.00. The van der Waals surface area contributed by atoms with Gasteiger partial charge in [-0.05, 0) is 31.6 Å². The molecule has 2 nitrogen and oxygen atoms in total. The number of fused-ring (bicyclic) bond motifs is 2. The summed E-state index contributed by atoms with van der Waals surface area (Å²) in [4.78, 5) is 11.3. The van der Waals surface area contributed by atoms with E-state index < -0.39 is 23.5 Å². The van der Waals surface area contributed by atoms with Gasteiger partial charge in [0, 0.05) is 5.92 Å². The molecule has 0 aromatic heterocycles. The van der Waals surface area contributed by atoms with Crippen molar-refractivity contribution in [3.63, 3.8) is 0 Å². The van der Waals surface area contributed by atoms with Gasteiger partial charge in [-0.3, -0.25) is 4.79 Å². The highest BCUT2D eigenvalue weighted by Crippen LogP contribution is 2.65. The predicted octanol–water partition coefficient (Wildman–Crippen LogP) is 3.78. The van der Waals surface area contributed by atoms with Gasteiger partial charge in [-0.25, -0.2) is 0 Å². The van der Waals surface area contributed by atoms with E-state index in [1.807, 2.05) is 13.8 Å². The lowest BCUT2D eigenvalue weighted by molar-refractivity contribution is -0.239. The third kappa shape index (κ3) is 1.45. The number of carboxylic acid groups (broad SMARTS) is 1. The Morgan fingerprint density at radius 1 is 1.33 bits per heavy atom. The second-order valence-electron chi connectivity index (χ2n) is 5.22. The van der Waals surface area contributed by atoms with Crippen molar-refractivity contribution < 1.29 is 23.1 Å². The summed E-state index contributed by atoms with van der Waals surface area (Å²) in [5.74, 6) is -2.74. The van der Waals surface area contributed by atoms with Gasteiger partial charge in [0.1, 0.15) is 0 Å². The molecule has 0 aromatic carbocycles. The average Bonchev–Trinajstić information content (AvgIpc) is 2.81. The lowest BCUT2D eigenvalue weighted by atomic mass is 9.69. The van der Waals surface area contributed by atoms with Gasteiger partial charge in [-0.15, -0.1) is 0 Å². The number of allylic oxidation sites excluding steroid dienone is 2. The molecule has 5 heteroatoms. The molecule has 2 rings (SSSR count). The molecule has 3 unspecified atom stereocenters. The quantitative estimate of drug-likeness (QED) is 0.786. The van der Waals surface area contributed by atoms with Crippen LogP contribution >= 0.6 is 0 Å². The lowest BCUT2D eigenvalue weighted by Gasteiger charge is -2.37. The first kappa shape index (κ1) is 13.4. The Hall–Kier alpha value is -1.00. The summed E-state index contributed by atoms with van der Waals surface area (Å²) < 4.78 is 39.8. The number of carboxylic acids is 1. The third-order valence-electron chi connectivity index (χ3n) is 4.66. The molecule has 0 radical (unpaired) electrons. The van der Waals surface area contributed by atoms with Gasteiger partial charge in [0.15, 0.2) is 5.41 Å². The highest BCUT2D eigenvalue weighted by Gasteiger charge is 2.71. The maximum absolute atomic E-state index is 13.3. The van der Waals surface area contributed by atoms with Crippen LogP contribution in [0.15, 0.2) is 11.1 Å². The summed E-state index contributed by atoms with van der Waals surface area (Å²) in [5.41, 5.74) is -0.723. The van der Waals surface area contributed by atoms with E-state index in [0.29, 0.717) is 12.8 Å². The zero-order valence-electron chi connectivity index (χ0n) is 10.5. The van der Waals surface area contributed by atoms with E-state index in [4.69, 9.17) is 5.11 Å². The topological polar surface area (TPSA) is 37.3 Å². The van der Waals surface area contributed by atoms with Crippen molar-refractivity contribution in [2.24, 2.45) is 17.3 Å². The predicted molar refractivity (Wildman–Crippen MR) is 59.9 cm³/mol. The second-order valence-corrected chi connectivity index (χ2v) is 5.22. The van der Waals surface area contributed by atoms with Gasteiger partial charge in [0.05, 0.1) is 0 Å². The molecule has 0 saturated heterocycles. The van der Waals surface area contributed by atoms with Crippen LogP contribution in [0.4, 0.5) is 13.2 Å². The number of alkyl halides is 3. The fourth-order valence-electron chi connectivity index (χ4n) is 3.95. The number of halogens is 3. The van der Waals surface area contributed by atoms with Crippen molar-refractivity contribution in [1.82, 2.24) is 0 Å². The van der Waals surface area contributed by atoms with Crippen molar-refractivity contribution in [2.75, 3.05) is 0 Å². The first-order valence-electron chi connectivity index (χ1n) is 6.31. The summed E-state index contributed by atoms with van der Waals surface area (Å²) in [5, 5.41) is 9.15. The Morgan fingerprint density at radius 2 is 1.89 bits per heavy atom. The molecule has 3 atom stereocenters. The molecule has 0 amide bonds. The maximum atomic E-state index is 13.3. The number of carbonyl (C=O) groups is 1. The monoisotopic (exact) mass is 262 g/mol. The highest BCUT2D eigenvalue weighted by atomic mass is 19.4. The summed E-state index contributed by atoms with van der Waals surface area (Å²) in [6.45, 7) is 3.75. The molecule has 0 aliphatic heterocycles. The zero-order chi connectivity index (χ0) is 13.7. The molecule has 2 bridgehead atoms. The molecular formula is C13H17F3O2. The molecule has 1 fully saturated rings. The summed E-state index contributed by atoms with van der Waals surface area (Å²) in [6.07, 6.45) is -3.33. The Morgan fingerprint density at radius 3 is 2.28 bits per heavy atom. The number of hydrogen-bond donors (Lipinski definition) is 1. The number of aliphatic carboxylic acids is 1.